The number of nitrogens with zero attached hydrogens (tertiary/aromatic N) is 2. The molecule has 1 aromatic heterocycles. The van der Waals surface area contributed by atoms with Crippen molar-refractivity contribution in [2.45, 2.75) is 6.54 Å². The maximum Gasteiger partial charge on any atom is 0.319 e. The molecule has 0 fully saturated rings. The van der Waals surface area contributed by atoms with Gasteiger partial charge in [0.15, 0.2) is 0 Å². The van der Waals surface area contributed by atoms with Crippen molar-refractivity contribution >= 4 is 11.7 Å². The molecular weight excluding hydrogens is 272 g/mol. The van der Waals surface area contributed by atoms with E-state index in [4.69, 9.17) is 4.74 Å². The van der Waals surface area contributed by atoms with Crippen LogP contribution in [0.25, 0.3) is 0 Å². The quantitative estimate of drug-likeness (QED) is 0.862. The Morgan fingerprint density at radius 3 is 2.71 bits per heavy atom. The van der Waals surface area contributed by atoms with Gasteiger partial charge < -0.3 is 15.4 Å². The number of rotatable bonds is 5. The summed E-state index contributed by atoms with van der Waals surface area (Å²) in [6.45, 7) is 0.691. The predicted molar refractivity (Wildman–Crippen MR) is 78.5 cm³/mol. The van der Waals surface area contributed by atoms with Gasteiger partial charge in [-0.05, 0) is 24.3 Å². The monoisotopic (exact) mass is 288 g/mol. The first-order valence-electron chi connectivity index (χ1n) is 6.38. The average Bonchev–Trinajstić information content (AvgIpc) is 2.50. The number of benzene rings is 1. The Bertz CT molecular complexity index is 652. The number of aromatic nitrogens is 2. The zero-order chi connectivity index (χ0) is 15.1. The number of amides is 2. The van der Waals surface area contributed by atoms with Crippen molar-refractivity contribution in [3.8, 4) is 5.75 Å². The molecule has 21 heavy (non-hydrogen) atoms. The first-order valence-corrected chi connectivity index (χ1v) is 6.38. The number of ether oxygens (including phenoxy) is 1. The fourth-order valence-electron chi connectivity index (χ4n) is 1.69. The standard InChI is InChI=1S/C14H16N4O3/c1-21-12-4-2-11(3-5-12)17-14(20)16-8-9-18-10-15-7-6-13(18)19/h2-7,10H,8-9H2,1H3,(H2,16,17,20). The summed E-state index contributed by atoms with van der Waals surface area (Å²) in [4.78, 5) is 27.0. The molecule has 2 N–H and O–H groups in total. The SMILES string of the molecule is COc1ccc(NC(=O)NCCn2cnccc2=O)cc1. The zero-order valence-electron chi connectivity index (χ0n) is 11.6. The number of anilines is 1. The molecule has 2 amide bonds. The molecule has 0 aliphatic carbocycles. The van der Waals surface area contributed by atoms with Gasteiger partial charge in [-0.2, -0.15) is 0 Å². The molecule has 2 rings (SSSR count). The van der Waals surface area contributed by atoms with E-state index < -0.39 is 0 Å². The van der Waals surface area contributed by atoms with Crippen molar-refractivity contribution in [2.24, 2.45) is 0 Å². The number of urea groups is 1. The number of methoxy groups -OCH3 is 1. The van der Waals surface area contributed by atoms with Gasteiger partial charge >= 0.3 is 6.03 Å². The van der Waals surface area contributed by atoms with Crippen molar-refractivity contribution in [2.75, 3.05) is 19.0 Å². The Hall–Kier alpha value is -2.83. The van der Waals surface area contributed by atoms with E-state index in [-0.39, 0.29) is 11.6 Å². The molecule has 1 heterocycles. The van der Waals surface area contributed by atoms with Crippen molar-refractivity contribution in [1.82, 2.24) is 14.9 Å². The highest BCUT2D eigenvalue weighted by atomic mass is 16.5. The molecule has 0 aliphatic heterocycles. The van der Waals surface area contributed by atoms with Gasteiger partial charge in [0.25, 0.3) is 5.56 Å². The first kappa shape index (κ1) is 14.6. The molecule has 0 unspecified atom stereocenters. The first-order chi connectivity index (χ1) is 10.2. The molecule has 7 heteroatoms. The predicted octanol–water partition coefficient (Wildman–Crippen LogP) is 1.07. The van der Waals surface area contributed by atoms with Crippen LogP contribution < -0.4 is 20.9 Å². The molecule has 0 bridgehead atoms. The third kappa shape index (κ3) is 4.34. The van der Waals surface area contributed by atoms with Crippen LogP contribution in [0.2, 0.25) is 0 Å². The van der Waals surface area contributed by atoms with E-state index in [9.17, 15) is 9.59 Å². The van der Waals surface area contributed by atoms with E-state index in [1.54, 1.807) is 31.4 Å². The fourth-order valence-corrected chi connectivity index (χ4v) is 1.69. The van der Waals surface area contributed by atoms with E-state index in [1.165, 1.54) is 23.2 Å². The van der Waals surface area contributed by atoms with Gasteiger partial charge in [-0.25, -0.2) is 9.78 Å². The van der Waals surface area contributed by atoms with Gasteiger partial charge in [0.1, 0.15) is 5.75 Å². The normalized spacial score (nSPS) is 9.95. The van der Waals surface area contributed by atoms with E-state index in [2.05, 4.69) is 15.6 Å². The van der Waals surface area contributed by atoms with Gasteiger partial charge in [-0.1, -0.05) is 0 Å². The van der Waals surface area contributed by atoms with Crippen LogP contribution in [0.1, 0.15) is 0 Å². The second kappa shape index (κ2) is 7.09. The lowest BCUT2D eigenvalue weighted by Crippen LogP contribution is -2.33. The highest BCUT2D eigenvalue weighted by Crippen LogP contribution is 2.14. The van der Waals surface area contributed by atoms with Gasteiger partial charge in [-0.15, -0.1) is 0 Å². The lowest BCUT2D eigenvalue weighted by atomic mass is 10.3. The number of nitrogens with one attached hydrogen (secondary N) is 2. The van der Waals surface area contributed by atoms with Crippen LogP contribution in [0.3, 0.4) is 0 Å². The number of hydrogen-bond donors (Lipinski definition) is 2. The van der Waals surface area contributed by atoms with Crippen molar-refractivity contribution in [1.29, 1.82) is 0 Å². The summed E-state index contributed by atoms with van der Waals surface area (Å²) in [6, 6.07) is 8.03. The van der Waals surface area contributed by atoms with Crippen LogP contribution in [0.5, 0.6) is 5.75 Å². The summed E-state index contributed by atoms with van der Waals surface area (Å²) in [5, 5.41) is 5.35. The summed E-state index contributed by atoms with van der Waals surface area (Å²) >= 11 is 0. The lowest BCUT2D eigenvalue weighted by molar-refractivity contribution is 0.251. The molecule has 7 nitrogen and oxygen atoms in total. The number of carbonyl (C=O) groups excluding carboxylic acids is 1. The molecular formula is C14H16N4O3. The molecule has 1 aromatic carbocycles. The molecule has 0 radical (unpaired) electrons. The molecule has 0 saturated carbocycles. The smallest absolute Gasteiger partial charge is 0.319 e. The largest absolute Gasteiger partial charge is 0.497 e. The fraction of sp³-hybridized carbons (Fsp3) is 0.214. The molecule has 110 valence electrons. The van der Waals surface area contributed by atoms with Crippen LogP contribution in [-0.2, 0) is 6.54 Å². The highest BCUT2D eigenvalue weighted by molar-refractivity contribution is 5.89. The van der Waals surface area contributed by atoms with Crippen molar-refractivity contribution in [3.05, 3.63) is 53.2 Å². The zero-order valence-corrected chi connectivity index (χ0v) is 11.6. The average molecular weight is 288 g/mol. The molecule has 2 aromatic rings. The van der Waals surface area contributed by atoms with E-state index in [1.807, 2.05) is 0 Å². The van der Waals surface area contributed by atoms with E-state index in [0.29, 0.717) is 18.8 Å². The summed E-state index contributed by atoms with van der Waals surface area (Å²) in [5.41, 5.74) is 0.509. The second-order valence-corrected chi connectivity index (χ2v) is 4.22. The van der Waals surface area contributed by atoms with Crippen LogP contribution in [0, 0.1) is 0 Å². The molecule has 0 aliphatic rings. The van der Waals surface area contributed by atoms with Crippen LogP contribution in [-0.4, -0.2) is 29.2 Å². The van der Waals surface area contributed by atoms with Gasteiger partial charge in [0.05, 0.1) is 13.4 Å². The highest BCUT2D eigenvalue weighted by Gasteiger charge is 2.02. The van der Waals surface area contributed by atoms with Crippen molar-refractivity contribution < 1.29 is 9.53 Å². The van der Waals surface area contributed by atoms with E-state index >= 15 is 0 Å². The second-order valence-electron chi connectivity index (χ2n) is 4.22. The Morgan fingerprint density at radius 2 is 2.05 bits per heavy atom. The van der Waals surface area contributed by atoms with E-state index in [0.717, 1.165) is 5.75 Å². The minimum atomic E-state index is -0.336. The molecule has 0 atom stereocenters. The van der Waals surface area contributed by atoms with Crippen LogP contribution in [0.15, 0.2) is 47.7 Å². The maximum atomic E-state index is 11.7. The Labute approximate surface area is 121 Å². The van der Waals surface area contributed by atoms with Crippen LogP contribution in [0.4, 0.5) is 10.5 Å². The Morgan fingerprint density at radius 1 is 1.29 bits per heavy atom. The van der Waals surface area contributed by atoms with Crippen LogP contribution >= 0.6 is 0 Å². The number of carbonyl (C=O) groups is 1. The van der Waals surface area contributed by atoms with Crippen molar-refractivity contribution in [3.63, 3.8) is 0 Å². The van der Waals surface area contributed by atoms with Gasteiger partial charge in [-0.3, -0.25) is 9.36 Å². The van der Waals surface area contributed by atoms with Gasteiger partial charge in [0.2, 0.25) is 0 Å². The third-order valence-electron chi connectivity index (χ3n) is 2.78. The molecule has 0 saturated heterocycles. The Kier molecular flexibility index (Phi) is 4.92. The summed E-state index contributed by atoms with van der Waals surface area (Å²) in [6.07, 6.45) is 2.87. The third-order valence-corrected chi connectivity index (χ3v) is 2.78. The molecule has 0 spiro atoms. The summed E-state index contributed by atoms with van der Waals surface area (Å²) in [5.74, 6) is 0.719. The summed E-state index contributed by atoms with van der Waals surface area (Å²) in [7, 11) is 1.58. The summed E-state index contributed by atoms with van der Waals surface area (Å²) < 4.78 is 6.46. The topological polar surface area (TPSA) is 85.2 Å². The maximum absolute atomic E-state index is 11.7. The lowest BCUT2D eigenvalue weighted by Gasteiger charge is -2.09. The minimum Gasteiger partial charge on any atom is -0.497 e. The number of hydrogen-bond acceptors (Lipinski definition) is 4. The minimum absolute atomic E-state index is 0.151. The Balaban J connectivity index is 1.79. The van der Waals surface area contributed by atoms with Gasteiger partial charge in [0, 0.05) is 31.0 Å².